The van der Waals surface area contributed by atoms with Crippen molar-refractivity contribution >= 4 is 11.2 Å². The van der Waals surface area contributed by atoms with Crippen molar-refractivity contribution in [2.45, 2.75) is 50.4 Å². The summed E-state index contributed by atoms with van der Waals surface area (Å²) in [5, 5.41) is 14.8. The molecule has 4 heterocycles. The highest BCUT2D eigenvalue weighted by Crippen LogP contribution is 2.54. The third-order valence-electron chi connectivity index (χ3n) is 6.04. The van der Waals surface area contributed by atoms with Crippen molar-refractivity contribution in [3.63, 3.8) is 0 Å². The molecule has 152 valence electrons. The number of phenols is 1. The van der Waals surface area contributed by atoms with Crippen molar-refractivity contribution in [2.24, 2.45) is 0 Å². The Morgan fingerprint density at radius 3 is 2.66 bits per heavy atom. The van der Waals surface area contributed by atoms with E-state index in [0.717, 1.165) is 25.3 Å². The normalized spacial score (nSPS) is 26.5. The summed E-state index contributed by atoms with van der Waals surface area (Å²) in [4.78, 5) is 8.86. The van der Waals surface area contributed by atoms with E-state index >= 15 is 0 Å². The maximum absolute atomic E-state index is 13.0. The van der Waals surface area contributed by atoms with Crippen molar-refractivity contribution in [3.8, 4) is 17.0 Å². The van der Waals surface area contributed by atoms with Crippen LogP contribution in [0.15, 0.2) is 24.5 Å². The predicted molar refractivity (Wildman–Crippen MR) is 98.3 cm³/mol. The number of aryl methyl sites for hydroxylation is 1. The maximum atomic E-state index is 13.0. The van der Waals surface area contributed by atoms with Crippen LogP contribution in [0, 0.1) is 6.92 Å². The molecule has 29 heavy (non-hydrogen) atoms. The summed E-state index contributed by atoms with van der Waals surface area (Å²) in [7, 11) is 0. The van der Waals surface area contributed by atoms with Crippen LogP contribution < -0.4 is 0 Å². The molecule has 1 N–H and O–H groups in total. The summed E-state index contributed by atoms with van der Waals surface area (Å²) in [6, 6.07) is 1.71. The number of phenolic OH excluding ortho intramolecular Hbond substituents is 1. The first-order valence-electron chi connectivity index (χ1n) is 9.37. The summed E-state index contributed by atoms with van der Waals surface area (Å²) in [6.45, 7) is 4.28. The largest absolute Gasteiger partial charge is 0.507 e. The van der Waals surface area contributed by atoms with Crippen LogP contribution in [0.2, 0.25) is 0 Å². The second-order valence-corrected chi connectivity index (χ2v) is 8.35. The monoisotopic (exact) mass is 404 g/mol. The van der Waals surface area contributed by atoms with E-state index in [1.165, 1.54) is 13.1 Å². The van der Waals surface area contributed by atoms with Gasteiger partial charge in [0.15, 0.2) is 5.65 Å². The van der Waals surface area contributed by atoms with Crippen LogP contribution in [-0.4, -0.2) is 37.1 Å². The third kappa shape index (κ3) is 2.78. The van der Waals surface area contributed by atoms with Gasteiger partial charge in [0, 0.05) is 25.0 Å². The van der Waals surface area contributed by atoms with Crippen LogP contribution in [0.5, 0.6) is 5.75 Å². The lowest BCUT2D eigenvalue weighted by Crippen LogP contribution is -2.62. The van der Waals surface area contributed by atoms with Gasteiger partial charge in [-0.15, -0.1) is 0 Å². The van der Waals surface area contributed by atoms with Crippen LogP contribution in [0.25, 0.3) is 22.4 Å². The number of benzene rings is 1. The number of rotatable bonds is 2. The molecule has 0 amide bonds. The second-order valence-electron chi connectivity index (χ2n) is 8.35. The molecule has 1 aliphatic carbocycles. The molecule has 1 saturated carbocycles. The molecule has 2 bridgehead atoms. The zero-order valence-electron chi connectivity index (χ0n) is 15.9. The minimum Gasteiger partial charge on any atom is -0.507 e. The zero-order valence-corrected chi connectivity index (χ0v) is 15.9. The second kappa shape index (κ2) is 5.69. The van der Waals surface area contributed by atoms with Gasteiger partial charge in [0.25, 0.3) is 0 Å². The fraction of sp³-hybridized carbons (Fsp3) is 0.450. The number of fused-ring (bicyclic) bond motifs is 3. The topological polar surface area (TPSA) is 73.1 Å². The molecule has 0 spiro atoms. The van der Waals surface area contributed by atoms with Crippen LogP contribution >= 0.6 is 0 Å². The van der Waals surface area contributed by atoms with Crippen molar-refractivity contribution in [2.75, 3.05) is 6.61 Å². The highest BCUT2D eigenvalue weighted by Gasteiger charge is 2.57. The van der Waals surface area contributed by atoms with E-state index in [-0.39, 0.29) is 28.0 Å². The predicted octanol–water partition coefficient (Wildman–Crippen LogP) is 4.19. The standard InChI is InChI=1S/C20H19F3N4O2/c1-11-5-12(20(21,22)23)6-15(28)16(11)13-7-24-14-8-27(26-17(14)25-13)19-3-4-29-18(2,9-19)10-19/h5-8,28H,3-4,9-10H2,1-2H3. The lowest BCUT2D eigenvalue weighted by molar-refractivity contribution is -0.208. The molecular weight excluding hydrogens is 385 g/mol. The fourth-order valence-corrected chi connectivity index (χ4v) is 4.81. The van der Waals surface area contributed by atoms with Gasteiger partial charge in [-0.25, -0.2) is 9.97 Å². The maximum Gasteiger partial charge on any atom is 0.416 e. The first kappa shape index (κ1) is 18.4. The first-order chi connectivity index (χ1) is 13.6. The molecule has 9 heteroatoms. The van der Waals surface area contributed by atoms with Gasteiger partial charge in [-0.05, 0) is 38.0 Å². The van der Waals surface area contributed by atoms with Crippen LogP contribution in [0.4, 0.5) is 13.2 Å². The Balaban J connectivity index is 1.55. The molecule has 6 nitrogen and oxygen atoms in total. The molecular formula is C20H19F3N4O2. The van der Waals surface area contributed by atoms with Crippen LogP contribution in [0.1, 0.15) is 37.3 Å². The van der Waals surface area contributed by atoms with Crippen molar-refractivity contribution in [3.05, 3.63) is 35.7 Å². The van der Waals surface area contributed by atoms with Crippen LogP contribution in [-0.2, 0) is 16.5 Å². The van der Waals surface area contributed by atoms with E-state index in [0.29, 0.717) is 23.8 Å². The van der Waals surface area contributed by atoms with Gasteiger partial charge in [0.1, 0.15) is 11.3 Å². The van der Waals surface area contributed by atoms with Crippen molar-refractivity contribution in [1.82, 2.24) is 19.7 Å². The van der Waals surface area contributed by atoms with E-state index in [1.807, 2.05) is 10.9 Å². The van der Waals surface area contributed by atoms with Crippen molar-refractivity contribution in [1.29, 1.82) is 0 Å². The summed E-state index contributed by atoms with van der Waals surface area (Å²) in [6.07, 6.45) is 1.39. The quantitative estimate of drug-likeness (QED) is 0.693. The van der Waals surface area contributed by atoms with E-state index in [2.05, 4.69) is 22.0 Å². The Hall–Kier alpha value is -2.68. The van der Waals surface area contributed by atoms with Crippen LogP contribution in [0.3, 0.4) is 0 Å². The molecule has 1 aromatic carbocycles. The molecule has 2 aromatic heterocycles. The summed E-state index contributed by atoms with van der Waals surface area (Å²) in [5.41, 5.74) is 0.678. The summed E-state index contributed by atoms with van der Waals surface area (Å²) >= 11 is 0. The molecule has 3 aliphatic rings. The number of nitrogens with zero attached hydrogens (tertiary/aromatic N) is 4. The number of aromatic hydroxyl groups is 1. The highest BCUT2D eigenvalue weighted by molar-refractivity contribution is 5.77. The Kier molecular flexibility index (Phi) is 3.60. The number of aromatic nitrogens is 4. The Labute approximate surface area is 164 Å². The lowest BCUT2D eigenvalue weighted by Gasteiger charge is -2.58. The van der Waals surface area contributed by atoms with E-state index in [1.54, 1.807) is 0 Å². The lowest BCUT2D eigenvalue weighted by atomic mass is 9.62. The third-order valence-corrected chi connectivity index (χ3v) is 6.04. The number of hydrogen-bond acceptors (Lipinski definition) is 5. The SMILES string of the molecule is Cc1cc(C(F)(F)F)cc(O)c1-c1cnc2cn(C34CCOC(C)(C3)C4)nc2n1. The number of alkyl halides is 3. The molecule has 0 atom stereocenters. The van der Waals surface area contributed by atoms with Gasteiger partial charge in [0.05, 0.1) is 34.8 Å². The average molecular weight is 404 g/mol. The molecule has 3 fully saturated rings. The van der Waals surface area contributed by atoms with Gasteiger partial charge in [-0.3, -0.25) is 4.68 Å². The molecule has 2 aliphatic heterocycles. The van der Waals surface area contributed by atoms with E-state index in [9.17, 15) is 18.3 Å². The van der Waals surface area contributed by atoms with Gasteiger partial charge in [0.2, 0.25) is 0 Å². The van der Waals surface area contributed by atoms with E-state index in [4.69, 9.17) is 4.74 Å². The minimum absolute atomic E-state index is 0.0953. The Morgan fingerprint density at radius 1 is 1.24 bits per heavy atom. The Morgan fingerprint density at radius 2 is 2.00 bits per heavy atom. The first-order valence-corrected chi connectivity index (χ1v) is 9.37. The number of ether oxygens (including phenoxy) is 1. The van der Waals surface area contributed by atoms with Gasteiger partial charge < -0.3 is 9.84 Å². The minimum atomic E-state index is -4.53. The Bertz CT molecular complexity index is 1110. The smallest absolute Gasteiger partial charge is 0.416 e. The van der Waals surface area contributed by atoms with Crippen molar-refractivity contribution < 1.29 is 23.0 Å². The summed E-state index contributed by atoms with van der Waals surface area (Å²) in [5.74, 6) is -0.483. The van der Waals surface area contributed by atoms with Gasteiger partial charge in [-0.1, -0.05) is 0 Å². The van der Waals surface area contributed by atoms with Gasteiger partial charge >= 0.3 is 6.18 Å². The van der Waals surface area contributed by atoms with Gasteiger partial charge in [-0.2, -0.15) is 18.3 Å². The number of hydrogen-bond donors (Lipinski definition) is 1. The molecule has 0 unspecified atom stereocenters. The number of halogens is 3. The molecule has 3 aromatic rings. The zero-order chi connectivity index (χ0) is 20.6. The average Bonchev–Trinajstić information content (AvgIpc) is 3.03. The molecule has 6 rings (SSSR count). The van der Waals surface area contributed by atoms with E-state index < -0.39 is 17.5 Å². The molecule has 2 saturated heterocycles. The fourth-order valence-electron chi connectivity index (χ4n) is 4.81. The highest BCUT2D eigenvalue weighted by atomic mass is 19.4. The summed E-state index contributed by atoms with van der Waals surface area (Å²) < 4.78 is 46.6. The molecule has 0 radical (unpaired) electrons.